The number of aromatic nitrogens is 5. The SMILES string of the molecule is Cc1nnc(-c2c(CCC3CC(C)OC(C)C3)nc3c(c2-c2cc4ccnc(NC5CCc6ncccc65)c4s2)S(=O)(=O)CC3C(C)C)o1. The first-order valence-electron chi connectivity index (χ1n) is 17.4. The van der Waals surface area contributed by atoms with Crippen molar-refractivity contribution in [2.45, 2.75) is 102 Å². The molecule has 10 nitrogen and oxygen atoms in total. The minimum absolute atomic E-state index is 0.0368. The van der Waals surface area contributed by atoms with Gasteiger partial charge in [0.05, 0.1) is 50.5 Å². The van der Waals surface area contributed by atoms with Crippen molar-refractivity contribution in [3.05, 3.63) is 65.2 Å². The molecule has 0 radical (unpaired) electrons. The van der Waals surface area contributed by atoms with E-state index in [1.807, 2.05) is 24.5 Å². The summed E-state index contributed by atoms with van der Waals surface area (Å²) < 4.78 is 41.6. The highest BCUT2D eigenvalue weighted by Crippen LogP contribution is 2.51. The van der Waals surface area contributed by atoms with Crippen molar-refractivity contribution < 1.29 is 17.6 Å². The van der Waals surface area contributed by atoms with Crippen LogP contribution in [0.25, 0.3) is 32.0 Å². The van der Waals surface area contributed by atoms with Gasteiger partial charge in [-0.1, -0.05) is 19.9 Å². The summed E-state index contributed by atoms with van der Waals surface area (Å²) in [5.41, 5.74) is 5.05. The standard InChI is InChI=1S/C37H42N6O4S2/c1-19(2)26-18-49(44,45)35-32(30-17-24-12-14-39-36(34(24)48-30)41-28-11-10-27-25(28)7-6-13-38-27)31(37-43-42-22(5)47-37)29(40-33(26)35)9-8-23-15-20(3)46-21(4)16-23/h6-7,12-14,17,19-21,23,26,28H,8-11,15-16,18H2,1-5H3,(H,39,41). The summed E-state index contributed by atoms with van der Waals surface area (Å²) in [4.78, 5) is 15.7. The van der Waals surface area contributed by atoms with Crippen LogP contribution in [0.2, 0.25) is 0 Å². The predicted octanol–water partition coefficient (Wildman–Crippen LogP) is 7.87. The van der Waals surface area contributed by atoms with Crippen LogP contribution in [0.15, 0.2) is 46.0 Å². The number of fused-ring (bicyclic) bond motifs is 3. The van der Waals surface area contributed by atoms with Gasteiger partial charge in [-0.15, -0.1) is 21.5 Å². The van der Waals surface area contributed by atoms with E-state index in [-0.39, 0.29) is 35.8 Å². The summed E-state index contributed by atoms with van der Waals surface area (Å²) in [7, 11) is -3.67. The van der Waals surface area contributed by atoms with Gasteiger partial charge >= 0.3 is 0 Å². The lowest BCUT2D eigenvalue weighted by atomic mass is 9.86. The second kappa shape index (κ2) is 12.5. The third-order valence-corrected chi connectivity index (χ3v) is 13.4. The van der Waals surface area contributed by atoms with E-state index >= 15 is 0 Å². The van der Waals surface area contributed by atoms with Gasteiger partial charge in [0.2, 0.25) is 11.8 Å². The molecule has 1 fully saturated rings. The molecule has 4 atom stereocenters. The number of pyridine rings is 3. The fourth-order valence-electron chi connectivity index (χ4n) is 8.19. The second-order valence-corrected chi connectivity index (χ2v) is 17.4. The molecule has 0 amide bonds. The first-order chi connectivity index (χ1) is 23.6. The third-order valence-electron chi connectivity index (χ3n) is 10.4. The van der Waals surface area contributed by atoms with Crippen LogP contribution in [-0.2, 0) is 27.4 Å². The zero-order valence-corrected chi connectivity index (χ0v) is 30.2. The first kappa shape index (κ1) is 32.5. The highest BCUT2D eigenvalue weighted by Gasteiger charge is 2.43. The minimum atomic E-state index is -3.67. The average Bonchev–Trinajstić information content (AvgIpc) is 3.84. The smallest absolute Gasteiger partial charge is 0.250 e. The molecule has 49 heavy (non-hydrogen) atoms. The monoisotopic (exact) mass is 698 g/mol. The molecule has 2 aliphatic heterocycles. The molecule has 4 unspecified atom stereocenters. The van der Waals surface area contributed by atoms with Crippen molar-refractivity contribution >= 4 is 37.1 Å². The van der Waals surface area contributed by atoms with Crippen LogP contribution in [0.1, 0.15) is 93.9 Å². The van der Waals surface area contributed by atoms with Gasteiger partial charge in [0, 0.05) is 41.4 Å². The Morgan fingerprint density at radius 2 is 1.88 bits per heavy atom. The third kappa shape index (κ3) is 5.95. The van der Waals surface area contributed by atoms with Gasteiger partial charge in [-0.25, -0.2) is 13.4 Å². The Morgan fingerprint density at radius 3 is 2.63 bits per heavy atom. The maximum atomic E-state index is 14.2. The molecule has 256 valence electrons. The molecule has 0 saturated carbocycles. The van der Waals surface area contributed by atoms with Crippen LogP contribution in [-0.4, -0.2) is 51.5 Å². The number of ether oxygens (including phenoxy) is 1. The van der Waals surface area contributed by atoms with E-state index in [1.54, 1.807) is 18.3 Å². The van der Waals surface area contributed by atoms with Crippen LogP contribution < -0.4 is 5.32 Å². The van der Waals surface area contributed by atoms with Gasteiger partial charge in [-0.3, -0.25) is 9.97 Å². The number of sulfone groups is 1. The lowest BCUT2D eigenvalue weighted by Gasteiger charge is -2.32. The first-order valence-corrected chi connectivity index (χ1v) is 19.9. The van der Waals surface area contributed by atoms with Crippen molar-refractivity contribution in [2.24, 2.45) is 11.8 Å². The van der Waals surface area contributed by atoms with Crippen molar-refractivity contribution in [3.8, 4) is 21.9 Å². The molecule has 5 aromatic heterocycles. The van der Waals surface area contributed by atoms with Crippen LogP contribution in [0, 0.1) is 18.8 Å². The number of hydrogen-bond acceptors (Lipinski definition) is 11. The van der Waals surface area contributed by atoms with Gasteiger partial charge < -0.3 is 14.5 Å². The summed E-state index contributed by atoms with van der Waals surface area (Å²) in [6.07, 6.45) is 9.46. The van der Waals surface area contributed by atoms with E-state index in [2.05, 4.69) is 60.3 Å². The molecule has 5 aromatic rings. The van der Waals surface area contributed by atoms with E-state index in [9.17, 15) is 8.42 Å². The predicted molar refractivity (Wildman–Crippen MR) is 190 cm³/mol. The summed E-state index contributed by atoms with van der Waals surface area (Å²) in [6.45, 7) is 10.2. The number of anilines is 1. The van der Waals surface area contributed by atoms with Gasteiger partial charge in [0.15, 0.2) is 9.84 Å². The minimum Gasteiger partial charge on any atom is -0.421 e. The zero-order chi connectivity index (χ0) is 34.0. The molecular formula is C37H42N6O4S2. The Morgan fingerprint density at radius 1 is 1.06 bits per heavy atom. The maximum Gasteiger partial charge on any atom is 0.250 e. The van der Waals surface area contributed by atoms with Crippen molar-refractivity contribution in [1.29, 1.82) is 0 Å². The summed E-state index contributed by atoms with van der Waals surface area (Å²) in [5, 5.41) is 13.3. The number of hydrogen-bond donors (Lipinski definition) is 1. The molecule has 0 aromatic carbocycles. The number of rotatable bonds is 8. The van der Waals surface area contributed by atoms with Gasteiger partial charge in [0.1, 0.15) is 5.82 Å². The molecular weight excluding hydrogens is 657 g/mol. The van der Waals surface area contributed by atoms with Gasteiger partial charge in [-0.2, -0.15) is 0 Å². The van der Waals surface area contributed by atoms with Crippen molar-refractivity contribution in [3.63, 3.8) is 0 Å². The largest absolute Gasteiger partial charge is 0.421 e. The fraction of sp³-hybridized carbons (Fsp3) is 0.486. The normalized spacial score (nSPS) is 24.4. The summed E-state index contributed by atoms with van der Waals surface area (Å²) in [6, 6.07) is 8.28. The molecule has 7 heterocycles. The Labute approximate surface area is 291 Å². The van der Waals surface area contributed by atoms with Crippen LogP contribution in [0.3, 0.4) is 0 Å². The highest BCUT2D eigenvalue weighted by atomic mass is 32.2. The Hall–Kier alpha value is -3.74. The van der Waals surface area contributed by atoms with E-state index < -0.39 is 9.84 Å². The number of nitrogens with one attached hydrogen (secondary N) is 1. The average molecular weight is 699 g/mol. The van der Waals surface area contributed by atoms with Crippen molar-refractivity contribution in [2.75, 3.05) is 11.1 Å². The Kier molecular flexibility index (Phi) is 8.31. The number of nitrogens with zero attached hydrogens (tertiary/aromatic N) is 5. The topological polar surface area (TPSA) is 133 Å². The summed E-state index contributed by atoms with van der Waals surface area (Å²) in [5.74, 6) is 1.91. The fourth-order valence-corrected chi connectivity index (χ4v) is 11.6. The Balaban J connectivity index is 1.30. The molecule has 1 N–H and O–H groups in total. The quantitative estimate of drug-likeness (QED) is 0.171. The molecule has 8 rings (SSSR count). The van der Waals surface area contributed by atoms with E-state index in [0.717, 1.165) is 64.3 Å². The molecule has 1 aliphatic carbocycles. The van der Waals surface area contributed by atoms with Gasteiger partial charge in [0.25, 0.3) is 0 Å². The number of thiophene rings is 1. The van der Waals surface area contributed by atoms with Crippen molar-refractivity contribution in [1.82, 2.24) is 25.1 Å². The number of aryl methyl sites for hydroxylation is 3. The van der Waals surface area contributed by atoms with E-state index in [4.69, 9.17) is 19.1 Å². The Bertz CT molecular complexity index is 2150. The van der Waals surface area contributed by atoms with E-state index in [0.29, 0.717) is 45.8 Å². The van der Waals surface area contributed by atoms with E-state index in [1.165, 1.54) is 5.56 Å². The second-order valence-electron chi connectivity index (χ2n) is 14.4. The molecule has 12 heteroatoms. The molecule has 0 bridgehead atoms. The van der Waals surface area contributed by atoms with Crippen LogP contribution in [0.5, 0.6) is 0 Å². The lowest BCUT2D eigenvalue weighted by molar-refractivity contribution is -0.0533. The molecule has 1 saturated heterocycles. The lowest BCUT2D eigenvalue weighted by Crippen LogP contribution is -2.29. The molecule has 3 aliphatic rings. The molecule has 0 spiro atoms. The van der Waals surface area contributed by atoms with Gasteiger partial charge in [-0.05, 0) is 93.4 Å². The van der Waals surface area contributed by atoms with Crippen LogP contribution >= 0.6 is 11.3 Å². The summed E-state index contributed by atoms with van der Waals surface area (Å²) >= 11 is 1.55. The highest BCUT2D eigenvalue weighted by molar-refractivity contribution is 7.92. The van der Waals surface area contributed by atoms with Crippen LogP contribution in [0.4, 0.5) is 5.82 Å². The maximum absolute atomic E-state index is 14.2. The zero-order valence-electron chi connectivity index (χ0n) is 28.6.